The summed E-state index contributed by atoms with van der Waals surface area (Å²) >= 11 is 5.18. The third-order valence-electron chi connectivity index (χ3n) is 2.94. The van der Waals surface area contributed by atoms with Gasteiger partial charge in [-0.05, 0) is 66.0 Å². The second kappa shape index (κ2) is 6.45. The minimum atomic E-state index is -0.182. The van der Waals surface area contributed by atoms with Crippen molar-refractivity contribution >= 4 is 27.3 Å². The smallest absolute Gasteiger partial charge is 0.123 e. The van der Waals surface area contributed by atoms with Gasteiger partial charge in [-0.25, -0.2) is 4.39 Å². The summed E-state index contributed by atoms with van der Waals surface area (Å²) in [5.74, 6) is -0.182. The quantitative estimate of drug-likeness (QED) is 0.874. The lowest BCUT2D eigenvalue weighted by Crippen LogP contribution is -2.29. The van der Waals surface area contributed by atoms with Crippen LogP contribution in [0, 0.1) is 5.82 Å². The van der Waals surface area contributed by atoms with Crippen LogP contribution in [0.1, 0.15) is 11.1 Å². The largest absolute Gasteiger partial charge is 0.316 e. The van der Waals surface area contributed by atoms with Crippen LogP contribution in [0.3, 0.4) is 0 Å². The average molecular weight is 328 g/mol. The van der Waals surface area contributed by atoms with Crippen LogP contribution in [0.4, 0.5) is 4.39 Å². The molecule has 0 saturated carbocycles. The third-order valence-corrected chi connectivity index (χ3v) is 4.45. The maximum Gasteiger partial charge on any atom is 0.123 e. The van der Waals surface area contributed by atoms with Gasteiger partial charge in [-0.1, -0.05) is 15.9 Å². The number of benzene rings is 1. The van der Waals surface area contributed by atoms with E-state index >= 15 is 0 Å². The van der Waals surface area contributed by atoms with E-state index in [-0.39, 0.29) is 5.82 Å². The Kier molecular flexibility index (Phi) is 4.92. The van der Waals surface area contributed by atoms with Crippen molar-refractivity contribution < 1.29 is 4.39 Å². The van der Waals surface area contributed by atoms with Crippen molar-refractivity contribution in [3.05, 3.63) is 56.4 Å². The van der Waals surface area contributed by atoms with Crippen molar-refractivity contribution in [2.24, 2.45) is 0 Å². The number of likely N-dealkylation sites (N-methyl/N-ethyl adjacent to an activating group) is 1. The van der Waals surface area contributed by atoms with Crippen molar-refractivity contribution in [3.63, 3.8) is 0 Å². The molecular formula is C14H15BrFNS. The number of hydrogen-bond acceptors (Lipinski definition) is 2. The molecular weight excluding hydrogens is 313 g/mol. The van der Waals surface area contributed by atoms with E-state index in [1.54, 1.807) is 23.5 Å². The van der Waals surface area contributed by atoms with E-state index < -0.39 is 0 Å². The Bertz CT molecular complexity index is 499. The van der Waals surface area contributed by atoms with E-state index in [2.05, 4.69) is 38.1 Å². The molecule has 1 heterocycles. The van der Waals surface area contributed by atoms with Gasteiger partial charge in [0.05, 0.1) is 0 Å². The van der Waals surface area contributed by atoms with Crippen LogP contribution in [0.25, 0.3) is 0 Å². The maximum absolute atomic E-state index is 13.2. The molecule has 2 rings (SSSR count). The first-order valence-corrected chi connectivity index (χ1v) is 7.55. The molecule has 0 amide bonds. The van der Waals surface area contributed by atoms with Gasteiger partial charge >= 0.3 is 0 Å². The molecule has 0 aliphatic rings. The van der Waals surface area contributed by atoms with Crippen molar-refractivity contribution in [2.45, 2.75) is 18.9 Å². The first kappa shape index (κ1) is 13.7. The van der Waals surface area contributed by atoms with E-state index in [0.717, 1.165) is 22.9 Å². The van der Waals surface area contributed by atoms with Gasteiger partial charge in [-0.15, -0.1) is 0 Å². The molecule has 1 N–H and O–H groups in total. The van der Waals surface area contributed by atoms with Gasteiger partial charge in [0.25, 0.3) is 0 Å². The summed E-state index contributed by atoms with van der Waals surface area (Å²) in [6, 6.07) is 7.29. The van der Waals surface area contributed by atoms with Gasteiger partial charge in [0.15, 0.2) is 0 Å². The summed E-state index contributed by atoms with van der Waals surface area (Å²) < 4.78 is 14.2. The molecule has 1 nitrogen and oxygen atoms in total. The van der Waals surface area contributed by atoms with Gasteiger partial charge in [0.2, 0.25) is 0 Å². The van der Waals surface area contributed by atoms with Crippen LogP contribution >= 0.6 is 27.3 Å². The maximum atomic E-state index is 13.2. The van der Waals surface area contributed by atoms with E-state index in [9.17, 15) is 4.39 Å². The van der Waals surface area contributed by atoms with Gasteiger partial charge < -0.3 is 5.32 Å². The van der Waals surface area contributed by atoms with Gasteiger partial charge in [0, 0.05) is 10.5 Å². The number of thiophene rings is 1. The van der Waals surface area contributed by atoms with Crippen LogP contribution in [0.15, 0.2) is 39.5 Å². The van der Waals surface area contributed by atoms with E-state index in [1.165, 1.54) is 11.6 Å². The molecule has 0 spiro atoms. The van der Waals surface area contributed by atoms with Crippen LogP contribution in [0.5, 0.6) is 0 Å². The SMILES string of the molecule is CNC(Cc1ccsc1)Cc1cc(F)ccc1Br. The summed E-state index contributed by atoms with van der Waals surface area (Å²) in [5, 5.41) is 7.54. The molecule has 1 aromatic carbocycles. The Balaban J connectivity index is 2.07. The molecule has 0 aliphatic carbocycles. The highest BCUT2D eigenvalue weighted by atomic mass is 79.9. The van der Waals surface area contributed by atoms with Crippen LogP contribution in [-0.2, 0) is 12.8 Å². The van der Waals surface area contributed by atoms with Gasteiger partial charge in [-0.3, -0.25) is 0 Å². The molecule has 0 saturated heterocycles. The zero-order valence-corrected chi connectivity index (χ0v) is 12.5. The summed E-state index contributed by atoms with van der Waals surface area (Å²) in [6.45, 7) is 0. The van der Waals surface area contributed by atoms with Crippen LogP contribution < -0.4 is 5.32 Å². The van der Waals surface area contributed by atoms with Crippen molar-refractivity contribution in [2.75, 3.05) is 7.05 Å². The highest BCUT2D eigenvalue weighted by Crippen LogP contribution is 2.20. The average Bonchev–Trinajstić information content (AvgIpc) is 2.85. The van der Waals surface area contributed by atoms with E-state index in [4.69, 9.17) is 0 Å². The lowest BCUT2D eigenvalue weighted by Gasteiger charge is -2.16. The summed E-state index contributed by atoms with van der Waals surface area (Å²) in [4.78, 5) is 0. The molecule has 0 fully saturated rings. The minimum absolute atomic E-state index is 0.182. The molecule has 4 heteroatoms. The number of nitrogens with one attached hydrogen (secondary N) is 1. The highest BCUT2D eigenvalue weighted by molar-refractivity contribution is 9.10. The molecule has 0 aliphatic heterocycles. The van der Waals surface area contributed by atoms with Crippen LogP contribution in [0.2, 0.25) is 0 Å². The van der Waals surface area contributed by atoms with Crippen molar-refractivity contribution in [3.8, 4) is 0 Å². The molecule has 0 radical (unpaired) electrons. The van der Waals surface area contributed by atoms with Gasteiger partial charge in [0.1, 0.15) is 5.82 Å². The summed E-state index contributed by atoms with van der Waals surface area (Å²) in [6.07, 6.45) is 1.77. The number of halogens is 2. The Hall–Kier alpha value is -0.710. The normalized spacial score (nSPS) is 12.6. The molecule has 1 atom stereocenters. The predicted octanol–water partition coefficient (Wildman–Crippen LogP) is 4.02. The fourth-order valence-electron chi connectivity index (χ4n) is 1.93. The molecule has 0 bridgehead atoms. The van der Waals surface area contributed by atoms with E-state index in [0.29, 0.717) is 6.04 Å². The topological polar surface area (TPSA) is 12.0 Å². The van der Waals surface area contributed by atoms with Gasteiger partial charge in [-0.2, -0.15) is 11.3 Å². The van der Waals surface area contributed by atoms with Crippen molar-refractivity contribution in [1.82, 2.24) is 5.32 Å². The second-order valence-electron chi connectivity index (χ2n) is 4.26. The Labute approximate surface area is 119 Å². The summed E-state index contributed by atoms with van der Waals surface area (Å²) in [7, 11) is 1.95. The standard InChI is InChI=1S/C14H15BrFNS/c1-17-13(6-10-4-5-18-9-10)8-11-7-12(16)2-3-14(11)15/h2-5,7,9,13,17H,6,8H2,1H3. The fraction of sp³-hybridized carbons (Fsp3) is 0.286. The predicted molar refractivity (Wildman–Crippen MR) is 78.7 cm³/mol. The molecule has 18 heavy (non-hydrogen) atoms. The zero-order chi connectivity index (χ0) is 13.0. The van der Waals surface area contributed by atoms with Crippen molar-refractivity contribution in [1.29, 1.82) is 0 Å². The van der Waals surface area contributed by atoms with Crippen LogP contribution in [-0.4, -0.2) is 13.1 Å². The minimum Gasteiger partial charge on any atom is -0.316 e. The number of rotatable bonds is 5. The first-order valence-electron chi connectivity index (χ1n) is 5.81. The Morgan fingerprint density at radius 3 is 2.83 bits per heavy atom. The van der Waals surface area contributed by atoms with E-state index in [1.807, 2.05) is 7.05 Å². The molecule has 1 unspecified atom stereocenters. The Morgan fingerprint density at radius 2 is 2.17 bits per heavy atom. The lowest BCUT2D eigenvalue weighted by atomic mass is 10.0. The molecule has 2 aromatic rings. The summed E-state index contributed by atoms with van der Waals surface area (Å²) in [5.41, 5.74) is 2.33. The molecule has 1 aromatic heterocycles. The Morgan fingerprint density at radius 1 is 1.33 bits per heavy atom. The number of hydrogen-bond donors (Lipinski definition) is 1. The first-order chi connectivity index (χ1) is 8.69. The molecule has 96 valence electrons. The second-order valence-corrected chi connectivity index (χ2v) is 5.90. The lowest BCUT2D eigenvalue weighted by molar-refractivity contribution is 0.552. The monoisotopic (exact) mass is 327 g/mol. The fourth-order valence-corrected chi connectivity index (χ4v) is 3.02. The third kappa shape index (κ3) is 3.64. The highest BCUT2D eigenvalue weighted by Gasteiger charge is 2.11. The zero-order valence-electron chi connectivity index (χ0n) is 10.1.